The summed E-state index contributed by atoms with van der Waals surface area (Å²) in [7, 11) is -3.09. The lowest BCUT2D eigenvalue weighted by Crippen LogP contribution is -2.47. The molecule has 17 nitrogen and oxygen atoms in total. The normalized spacial score (nSPS) is 17.7. The first-order valence-corrected chi connectivity index (χ1v) is 22.7. The highest BCUT2D eigenvalue weighted by atomic mass is 35.5. The van der Waals surface area contributed by atoms with Crippen molar-refractivity contribution in [2.45, 2.75) is 36.7 Å². The van der Waals surface area contributed by atoms with E-state index < -0.39 is 37.0 Å². The molecule has 2 fully saturated rings. The molecule has 3 aromatic heterocycles. The van der Waals surface area contributed by atoms with E-state index in [1.54, 1.807) is 36.1 Å². The van der Waals surface area contributed by atoms with E-state index in [9.17, 15) is 28.1 Å². The standard InChI is InChI=1S/C44H46ClN9O8S/c1-50-44(56)41-40(22-29-14-15-46-42(29)48-41)53(50)38-23-32(52-18-16-51(17-19-52)26-30-4-2-3-5-35(30)28-6-8-31(45)9-7-28)10-12-36(38)43(55)49-63(59,60)34-11-13-37(39(24-34)54(57)58)47-25-33-27-61-20-21-62-33/h6-15,22-24,33,47H,2-5,16-21,25-27H2,1H3,(H,46,48)(H,49,55). The zero-order valence-corrected chi connectivity index (χ0v) is 36.1. The number of nitro benzene ring substituents is 1. The number of nitrogens with one attached hydrogen (secondary N) is 3. The Kier molecular flexibility index (Phi) is 11.8. The number of benzene rings is 3. The van der Waals surface area contributed by atoms with Crippen molar-refractivity contribution < 1.29 is 27.6 Å². The van der Waals surface area contributed by atoms with E-state index in [1.807, 2.05) is 18.2 Å². The van der Waals surface area contributed by atoms with Crippen LogP contribution < -0.4 is 20.5 Å². The summed E-state index contributed by atoms with van der Waals surface area (Å²) in [5, 5.41) is 16.5. The third kappa shape index (κ3) is 8.68. The number of rotatable bonds is 12. The van der Waals surface area contributed by atoms with Gasteiger partial charge in [0, 0.05) is 74.7 Å². The van der Waals surface area contributed by atoms with Crippen molar-refractivity contribution in [3.8, 4) is 5.69 Å². The van der Waals surface area contributed by atoms with E-state index in [0.717, 1.165) is 67.5 Å². The van der Waals surface area contributed by atoms with E-state index in [-0.39, 0.29) is 35.1 Å². The molecule has 1 aliphatic carbocycles. The van der Waals surface area contributed by atoms with Crippen LogP contribution in [-0.2, 0) is 26.5 Å². The molecule has 9 rings (SSSR count). The molecule has 5 heterocycles. The Morgan fingerprint density at radius 2 is 1.79 bits per heavy atom. The number of aromatic nitrogens is 4. The topological polar surface area (TPSA) is 199 Å². The Balaban J connectivity index is 1.01. The highest BCUT2D eigenvalue weighted by Crippen LogP contribution is 2.35. The molecular formula is C44H46ClN9O8S. The number of carbonyl (C=O) groups excluding carboxylic acids is 1. The number of fused-ring (bicyclic) bond motifs is 2. The van der Waals surface area contributed by atoms with Crippen molar-refractivity contribution in [3.05, 3.63) is 121 Å². The molecule has 63 heavy (non-hydrogen) atoms. The number of nitrogens with zero attached hydrogens (tertiary/aromatic N) is 6. The Bertz CT molecular complexity index is 2930. The van der Waals surface area contributed by atoms with Crippen LogP contribution in [0.15, 0.2) is 94.3 Å². The summed E-state index contributed by atoms with van der Waals surface area (Å²) in [6.07, 6.45) is 5.79. The van der Waals surface area contributed by atoms with Crippen LogP contribution in [0.5, 0.6) is 0 Å². The Morgan fingerprint density at radius 1 is 1.00 bits per heavy atom. The fourth-order valence-corrected chi connectivity index (χ4v) is 9.85. The molecule has 1 atom stereocenters. The first kappa shape index (κ1) is 42.3. The molecule has 0 saturated carbocycles. The number of sulfonamides is 1. The van der Waals surface area contributed by atoms with Gasteiger partial charge in [-0.15, -0.1) is 0 Å². The minimum atomic E-state index is -4.65. The minimum Gasteiger partial charge on any atom is -0.377 e. The highest BCUT2D eigenvalue weighted by Gasteiger charge is 2.29. The van der Waals surface area contributed by atoms with Gasteiger partial charge in [0.05, 0.1) is 52.5 Å². The first-order chi connectivity index (χ1) is 30.4. The molecule has 1 amide bonds. The van der Waals surface area contributed by atoms with E-state index in [2.05, 4.69) is 41.9 Å². The summed E-state index contributed by atoms with van der Waals surface area (Å²) in [6.45, 7) is 5.18. The van der Waals surface area contributed by atoms with Crippen LogP contribution in [-0.4, -0.2) is 109 Å². The van der Waals surface area contributed by atoms with Gasteiger partial charge in [0.25, 0.3) is 27.2 Å². The third-order valence-electron chi connectivity index (χ3n) is 12.0. The fraction of sp³-hybridized carbons (Fsp3) is 0.341. The van der Waals surface area contributed by atoms with Crippen LogP contribution in [0.4, 0.5) is 17.1 Å². The van der Waals surface area contributed by atoms with Gasteiger partial charge in [0.2, 0.25) is 0 Å². The average molecular weight is 896 g/mol. The van der Waals surface area contributed by atoms with E-state index in [1.165, 1.54) is 39.6 Å². The van der Waals surface area contributed by atoms with E-state index in [0.29, 0.717) is 44.1 Å². The van der Waals surface area contributed by atoms with Gasteiger partial charge >= 0.3 is 0 Å². The SMILES string of the molecule is Cn1c(=O)c2nc3[nH]ccc3cc2n1-c1cc(N2CCN(CC3=C(c4ccc(Cl)cc4)CCCC3)CC2)ccc1C(=O)NS(=O)(=O)c1ccc(NCC2COCCO2)c([N+](=O)[O-])c1. The van der Waals surface area contributed by atoms with Crippen molar-refractivity contribution in [2.24, 2.45) is 7.05 Å². The second-order valence-electron chi connectivity index (χ2n) is 16.0. The molecule has 3 aromatic carbocycles. The smallest absolute Gasteiger partial charge is 0.293 e. The van der Waals surface area contributed by atoms with Crippen LogP contribution in [0.1, 0.15) is 41.6 Å². The highest BCUT2D eigenvalue weighted by molar-refractivity contribution is 7.90. The van der Waals surface area contributed by atoms with Gasteiger partial charge in [-0.05, 0) is 91.4 Å². The first-order valence-electron chi connectivity index (χ1n) is 20.9. The lowest BCUT2D eigenvalue weighted by Gasteiger charge is -2.37. The van der Waals surface area contributed by atoms with Gasteiger partial charge in [0.15, 0.2) is 5.52 Å². The van der Waals surface area contributed by atoms with E-state index in [4.69, 9.17) is 21.1 Å². The monoisotopic (exact) mass is 895 g/mol. The predicted octanol–water partition coefficient (Wildman–Crippen LogP) is 5.86. The number of piperazine rings is 1. The maximum Gasteiger partial charge on any atom is 0.293 e. The summed E-state index contributed by atoms with van der Waals surface area (Å²) >= 11 is 6.20. The zero-order chi connectivity index (χ0) is 43.8. The van der Waals surface area contributed by atoms with Gasteiger partial charge in [-0.3, -0.25) is 24.6 Å². The molecule has 19 heteroatoms. The Morgan fingerprint density at radius 3 is 2.56 bits per heavy atom. The second kappa shape index (κ2) is 17.6. The van der Waals surface area contributed by atoms with Crippen LogP contribution in [0, 0.1) is 10.1 Å². The maximum absolute atomic E-state index is 14.3. The molecule has 0 spiro atoms. The Labute approximate surface area is 367 Å². The van der Waals surface area contributed by atoms with Crippen molar-refractivity contribution >= 4 is 72.2 Å². The lowest BCUT2D eigenvalue weighted by atomic mass is 9.87. The average Bonchev–Trinajstić information content (AvgIpc) is 3.85. The van der Waals surface area contributed by atoms with Crippen molar-refractivity contribution in [1.82, 2.24) is 29.0 Å². The number of amides is 1. The zero-order valence-electron chi connectivity index (χ0n) is 34.5. The number of H-pyrrole nitrogens is 1. The van der Waals surface area contributed by atoms with Gasteiger partial charge < -0.3 is 24.7 Å². The Hall–Kier alpha value is -6.05. The molecular weight excluding hydrogens is 850 g/mol. The molecule has 0 radical (unpaired) electrons. The minimum absolute atomic E-state index is 0.0518. The molecule has 0 bridgehead atoms. The van der Waals surface area contributed by atoms with Crippen molar-refractivity contribution in [3.63, 3.8) is 0 Å². The van der Waals surface area contributed by atoms with Gasteiger partial charge in [-0.25, -0.2) is 27.5 Å². The van der Waals surface area contributed by atoms with Gasteiger partial charge in [-0.1, -0.05) is 29.3 Å². The van der Waals surface area contributed by atoms with Gasteiger partial charge in [0.1, 0.15) is 11.3 Å². The number of hydrogen-bond acceptors (Lipinski definition) is 12. The molecule has 3 aliphatic rings. The number of carbonyl (C=O) groups is 1. The van der Waals surface area contributed by atoms with Crippen molar-refractivity contribution in [1.29, 1.82) is 0 Å². The van der Waals surface area contributed by atoms with Crippen LogP contribution >= 0.6 is 11.6 Å². The summed E-state index contributed by atoms with van der Waals surface area (Å²) in [6, 6.07) is 20.2. The molecule has 328 valence electrons. The lowest BCUT2D eigenvalue weighted by molar-refractivity contribution is -0.384. The second-order valence-corrected chi connectivity index (χ2v) is 18.1. The number of nitro groups is 1. The summed E-state index contributed by atoms with van der Waals surface area (Å²) < 4.78 is 43.7. The number of hydrogen-bond donors (Lipinski definition) is 3. The van der Waals surface area contributed by atoms with Crippen LogP contribution in [0.2, 0.25) is 5.02 Å². The summed E-state index contributed by atoms with van der Waals surface area (Å²) in [5.74, 6) is -0.997. The van der Waals surface area contributed by atoms with E-state index >= 15 is 0 Å². The van der Waals surface area contributed by atoms with Crippen LogP contribution in [0.3, 0.4) is 0 Å². The molecule has 3 N–H and O–H groups in total. The quantitative estimate of drug-likeness (QED) is 0.0978. The molecule has 6 aromatic rings. The number of pyridine rings is 1. The number of allylic oxidation sites excluding steroid dienone is 1. The fourth-order valence-electron chi connectivity index (χ4n) is 8.74. The number of ether oxygens (including phenoxy) is 2. The molecule has 1 unspecified atom stereocenters. The number of aromatic amines is 1. The molecule has 2 saturated heterocycles. The van der Waals surface area contributed by atoms with Gasteiger partial charge in [-0.2, -0.15) is 0 Å². The van der Waals surface area contributed by atoms with Crippen molar-refractivity contribution in [2.75, 3.05) is 69.3 Å². The predicted molar refractivity (Wildman–Crippen MR) is 240 cm³/mol. The number of halogens is 1. The number of anilines is 2. The molecule has 2 aliphatic heterocycles. The largest absolute Gasteiger partial charge is 0.377 e. The maximum atomic E-state index is 14.3. The third-order valence-corrected chi connectivity index (χ3v) is 13.6. The van der Waals surface area contributed by atoms with Crippen LogP contribution in [0.25, 0.3) is 33.3 Å². The summed E-state index contributed by atoms with van der Waals surface area (Å²) in [4.78, 5) is 51.2. The summed E-state index contributed by atoms with van der Waals surface area (Å²) in [5.41, 5.74) is 5.30.